The molecule has 2 rings (SSSR count). The van der Waals surface area contributed by atoms with Crippen LogP contribution in [0, 0.1) is 0 Å². The molecule has 0 atom stereocenters. The Kier molecular flexibility index (Phi) is 4.30. The molecule has 1 heterocycles. The van der Waals surface area contributed by atoms with Crippen molar-refractivity contribution in [2.75, 3.05) is 5.32 Å². The minimum atomic E-state index is 0.386. The molecular formula is C13H15BrClN3. The lowest BCUT2D eigenvalue weighted by atomic mass is 10.3. The summed E-state index contributed by atoms with van der Waals surface area (Å²) in [6.45, 7) is 4.90. The molecule has 0 amide bonds. The number of hydrogen-bond donors (Lipinski definition) is 1. The van der Waals surface area contributed by atoms with Crippen molar-refractivity contribution in [1.82, 2.24) is 9.78 Å². The van der Waals surface area contributed by atoms with Gasteiger partial charge in [0.25, 0.3) is 0 Å². The number of hydrogen-bond acceptors (Lipinski definition) is 2. The minimum Gasteiger partial charge on any atom is -0.378 e. The van der Waals surface area contributed by atoms with Crippen LogP contribution in [-0.2, 0) is 6.54 Å². The molecule has 96 valence electrons. The molecule has 1 aromatic heterocycles. The third-order valence-corrected chi connectivity index (χ3v) is 4.00. The van der Waals surface area contributed by atoms with Crippen LogP contribution in [0.25, 0.3) is 0 Å². The van der Waals surface area contributed by atoms with Crippen molar-refractivity contribution in [3.05, 3.63) is 45.7 Å². The number of nitrogens with zero attached hydrogens (tertiary/aromatic N) is 2. The number of halogens is 2. The molecule has 0 aliphatic carbocycles. The SMILES string of the molecule is CC(C)n1ccc(CNc2cccc(Cl)c2Br)n1. The van der Waals surface area contributed by atoms with E-state index in [9.17, 15) is 0 Å². The van der Waals surface area contributed by atoms with E-state index in [4.69, 9.17) is 11.6 Å². The normalized spacial score (nSPS) is 10.9. The van der Waals surface area contributed by atoms with E-state index in [0.29, 0.717) is 17.6 Å². The highest BCUT2D eigenvalue weighted by atomic mass is 79.9. The molecule has 1 N–H and O–H groups in total. The summed E-state index contributed by atoms with van der Waals surface area (Å²) in [6, 6.07) is 8.16. The molecule has 0 saturated heterocycles. The van der Waals surface area contributed by atoms with Gasteiger partial charge in [-0.3, -0.25) is 4.68 Å². The van der Waals surface area contributed by atoms with E-state index in [1.807, 2.05) is 35.1 Å². The molecule has 0 radical (unpaired) electrons. The maximum atomic E-state index is 6.03. The summed E-state index contributed by atoms with van der Waals surface area (Å²) in [7, 11) is 0. The zero-order valence-corrected chi connectivity index (χ0v) is 12.7. The molecule has 0 spiro atoms. The fraction of sp³-hybridized carbons (Fsp3) is 0.308. The van der Waals surface area contributed by atoms with Gasteiger partial charge in [0, 0.05) is 12.2 Å². The van der Waals surface area contributed by atoms with Gasteiger partial charge in [0.1, 0.15) is 0 Å². The van der Waals surface area contributed by atoms with E-state index in [0.717, 1.165) is 15.9 Å². The number of benzene rings is 1. The summed E-state index contributed by atoms with van der Waals surface area (Å²) in [6.07, 6.45) is 1.99. The Morgan fingerprint density at radius 1 is 1.39 bits per heavy atom. The Labute approximate surface area is 120 Å². The first kappa shape index (κ1) is 13.4. The maximum absolute atomic E-state index is 6.03. The monoisotopic (exact) mass is 327 g/mol. The highest BCUT2D eigenvalue weighted by Gasteiger charge is 2.05. The van der Waals surface area contributed by atoms with Gasteiger partial charge in [-0.05, 0) is 48.0 Å². The quantitative estimate of drug-likeness (QED) is 0.896. The summed E-state index contributed by atoms with van der Waals surface area (Å²) < 4.78 is 2.83. The van der Waals surface area contributed by atoms with E-state index in [-0.39, 0.29) is 0 Å². The Morgan fingerprint density at radius 3 is 2.83 bits per heavy atom. The van der Waals surface area contributed by atoms with Gasteiger partial charge in [-0.2, -0.15) is 5.10 Å². The van der Waals surface area contributed by atoms with Gasteiger partial charge in [0.15, 0.2) is 0 Å². The van der Waals surface area contributed by atoms with Gasteiger partial charge < -0.3 is 5.32 Å². The van der Waals surface area contributed by atoms with Gasteiger partial charge in [-0.15, -0.1) is 0 Å². The van der Waals surface area contributed by atoms with Crippen LogP contribution in [0.15, 0.2) is 34.9 Å². The summed E-state index contributed by atoms with van der Waals surface area (Å²) in [5, 5.41) is 8.50. The van der Waals surface area contributed by atoms with E-state index < -0.39 is 0 Å². The highest BCUT2D eigenvalue weighted by Crippen LogP contribution is 2.30. The molecule has 0 unspecified atom stereocenters. The van der Waals surface area contributed by atoms with Crippen molar-refractivity contribution >= 4 is 33.2 Å². The zero-order chi connectivity index (χ0) is 13.1. The molecule has 0 bridgehead atoms. The van der Waals surface area contributed by atoms with Crippen LogP contribution in [-0.4, -0.2) is 9.78 Å². The molecular weight excluding hydrogens is 314 g/mol. The van der Waals surface area contributed by atoms with Crippen LogP contribution in [0.1, 0.15) is 25.6 Å². The fourth-order valence-electron chi connectivity index (χ4n) is 1.59. The summed E-state index contributed by atoms with van der Waals surface area (Å²) >= 11 is 9.50. The van der Waals surface area contributed by atoms with Crippen molar-refractivity contribution in [3.8, 4) is 0 Å². The van der Waals surface area contributed by atoms with Crippen LogP contribution in [0.4, 0.5) is 5.69 Å². The standard InChI is InChI=1S/C13H15BrClN3/c1-9(2)18-7-6-10(17-18)8-16-12-5-3-4-11(15)13(12)14/h3-7,9,16H,8H2,1-2H3. The second kappa shape index (κ2) is 5.76. The Hall–Kier alpha value is -1.000. The predicted molar refractivity (Wildman–Crippen MR) is 79.1 cm³/mol. The van der Waals surface area contributed by atoms with E-state index in [1.54, 1.807) is 0 Å². The first-order chi connectivity index (χ1) is 8.58. The number of nitrogens with one attached hydrogen (secondary N) is 1. The van der Waals surface area contributed by atoms with Crippen LogP contribution in [0.3, 0.4) is 0 Å². The average Bonchev–Trinajstić information content (AvgIpc) is 2.80. The van der Waals surface area contributed by atoms with Crippen molar-refractivity contribution < 1.29 is 0 Å². The first-order valence-corrected chi connectivity index (χ1v) is 6.97. The van der Waals surface area contributed by atoms with Gasteiger partial charge in [0.05, 0.1) is 27.4 Å². The van der Waals surface area contributed by atoms with Gasteiger partial charge >= 0.3 is 0 Å². The maximum Gasteiger partial charge on any atom is 0.0815 e. The van der Waals surface area contributed by atoms with Crippen molar-refractivity contribution in [1.29, 1.82) is 0 Å². The van der Waals surface area contributed by atoms with Crippen molar-refractivity contribution in [2.24, 2.45) is 0 Å². The van der Waals surface area contributed by atoms with E-state index in [2.05, 4.69) is 40.2 Å². The number of aromatic nitrogens is 2. The van der Waals surface area contributed by atoms with Gasteiger partial charge in [0.2, 0.25) is 0 Å². The molecule has 0 aliphatic rings. The molecule has 0 aliphatic heterocycles. The Bertz CT molecular complexity index is 537. The van der Waals surface area contributed by atoms with Gasteiger partial charge in [-0.1, -0.05) is 17.7 Å². The van der Waals surface area contributed by atoms with Crippen LogP contribution in [0.2, 0.25) is 5.02 Å². The molecule has 0 saturated carbocycles. The lowest BCUT2D eigenvalue weighted by Crippen LogP contribution is -2.05. The number of rotatable bonds is 4. The van der Waals surface area contributed by atoms with Crippen LogP contribution < -0.4 is 5.32 Å². The Morgan fingerprint density at radius 2 is 2.17 bits per heavy atom. The molecule has 1 aromatic carbocycles. The number of anilines is 1. The van der Waals surface area contributed by atoms with E-state index >= 15 is 0 Å². The highest BCUT2D eigenvalue weighted by molar-refractivity contribution is 9.10. The fourth-order valence-corrected chi connectivity index (χ4v) is 2.16. The molecule has 18 heavy (non-hydrogen) atoms. The van der Waals surface area contributed by atoms with Crippen LogP contribution >= 0.6 is 27.5 Å². The lowest BCUT2D eigenvalue weighted by Gasteiger charge is -2.08. The summed E-state index contributed by atoms with van der Waals surface area (Å²) in [5.74, 6) is 0. The summed E-state index contributed by atoms with van der Waals surface area (Å²) in [5.41, 5.74) is 1.98. The molecule has 3 nitrogen and oxygen atoms in total. The lowest BCUT2D eigenvalue weighted by molar-refractivity contribution is 0.527. The third-order valence-electron chi connectivity index (χ3n) is 2.60. The smallest absolute Gasteiger partial charge is 0.0815 e. The van der Waals surface area contributed by atoms with Crippen LogP contribution in [0.5, 0.6) is 0 Å². The zero-order valence-electron chi connectivity index (χ0n) is 10.3. The Balaban J connectivity index is 2.04. The van der Waals surface area contributed by atoms with Crippen molar-refractivity contribution in [3.63, 3.8) is 0 Å². The van der Waals surface area contributed by atoms with Crippen molar-refractivity contribution in [2.45, 2.75) is 26.4 Å². The largest absolute Gasteiger partial charge is 0.378 e. The molecule has 2 aromatic rings. The average molecular weight is 329 g/mol. The molecule has 5 heteroatoms. The second-order valence-corrected chi connectivity index (χ2v) is 5.54. The minimum absolute atomic E-state index is 0.386. The van der Waals surface area contributed by atoms with E-state index in [1.165, 1.54) is 0 Å². The third kappa shape index (κ3) is 3.06. The predicted octanol–water partition coefficient (Wildman–Crippen LogP) is 4.49. The first-order valence-electron chi connectivity index (χ1n) is 5.80. The van der Waals surface area contributed by atoms with Gasteiger partial charge in [-0.25, -0.2) is 0 Å². The topological polar surface area (TPSA) is 29.9 Å². The molecule has 0 fully saturated rings. The summed E-state index contributed by atoms with van der Waals surface area (Å²) in [4.78, 5) is 0. The second-order valence-electron chi connectivity index (χ2n) is 4.34.